The largest absolute Gasteiger partial charge is 0.301 e. The summed E-state index contributed by atoms with van der Waals surface area (Å²) in [7, 11) is 0. The smallest absolute Gasteiger partial charge is 0.155 e. The molecule has 0 radical (unpaired) electrons. The summed E-state index contributed by atoms with van der Waals surface area (Å²) < 4.78 is 2.11. The Morgan fingerprint density at radius 3 is 2.81 bits per heavy atom. The molecule has 1 aliphatic rings. The predicted molar refractivity (Wildman–Crippen MR) is 81.2 cm³/mol. The molecule has 0 aromatic carbocycles. The maximum Gasteiger partial charge on any atom is 0.155 e. The molecular formula is C15H24N6. The van der Waals surface area contributed by atoms with E-state index in [1.165, 1.54) is 25.1 Å². The summed E-state index contributed by atoms with van der Waals surface area (Å²) in [4.78, 5) is 7.00. The fourth-order valence-electron chi connectivity index (χ4n) is 3.15. The first-order chi connectivity index (χ1) is 10.1. The maximum atomic E-state index is 4.54. The number of nitrogens with one attached hydrogen (secondary N) is 1. The zero-order valence-electron chi connectivity index (χ0n) is 13.1. The van der Waals surface area contributed by atoms with Gasteiger partial charge in [0.1, 0.15) is 5.82 Å². The molecular weight excluding hydrogens is 264 g/mol. The van der Waals surface area contributed by atoms with E-state index >= 15 is 0 Å². The zero-order valence-corrected chi connectivity index (χ0v) is 13.1. The third kappa shape index (κ3) is 3.32. The molecule has 1 unspecified atom stereocenters. The number of H-pyrrole nitrogens is 1. The van der Waals surface area contributed by atoms with Gasteiger partial charge < -0.3 is 4.90 Å². The molecule has 3 heterocycles. The van der Waals surface area contributed by atoms with Gasteiger partial charge in [-0.25, -0.2) is 4.98 Å². The Balaban J connectivity index is 1.57. The molecule has 6 heteroatoms. The van der Waals surface area contributed by atoms with Gasteiger partial charge in [-0.15, -0.1) is 0 Å². The van der Waals surface area contributed by atoms with E-state index in [2.05, 4.69) is 42.9 Å². The fourth-order valence-corrected chi connectivity index (χ4v) is 3.15. The number of rotatable bonds is 4. The van der Waals surface area contributed by atoms with Gasteiger partial charge in [0.15, 0.2) is 5.82 Å². The van der Waals surface area contributed by atoms with Gasteiger partial charge in [0, 0.05) is 24.7 Å². The summed E-state index contributed by atoms with van der Waals surface area (Å²) in [5, 5.41) is 11.8. The lowest BCUT2D eigenvalue weighted by Crippen LogP contribution is -2.37. The maximum absolute atomic E-state index is 4.54. The van der Waals surface area contributed by atoms with Gasteiger partial charge in [0.25, 0.3) is 0 Å². The zero-order chi connectivity index (χ0) is 14.8. The van der Waals surface area contributed by atoms with Crippen LogP contribution >= 0.6 is 0 Å². The van der Waals surface area contributed by atoms with E-state index in [-0.39, 0.29) is 0 Å². The van der Waals surface area contributed by atoms with Crippen LogP contribution in [0.4, 0.5) is 0 Å². The van der Waals surface area contributed by atoms with E-state index < -0.39 is 0 Å². The van der Waals surface area contributed by atoms with Crippen molar-refractivity contribution < 1.29 is 0 Å². The van der Waals surface area contributed by atoms with Crippen molar-refractivity contribution in [2.45, 2.75) is 46.1 Å². The molecule has 0 bridgehead atoms. The van der Waals surface area contributed by atoms with Crippen molar-refractivity contribution in [3.05, 3.63) is 29.1 Å². The van der Waals surface area contributed by atoms with Crippen molar-refractivity contribution in [1.82, 2.24) is 29.9 Å². The topological polar surface area (TPSA) is 62.6 Å². The lowest BCUT2D eigenvalue weighted by molar-refractivity contribution is 0.195. The van der Waals surface area contributed by atoms with E-state index in [4.69, 9.17) is 0 Å². The monoisotopic (exact) mass is 288 g/mol. The quantitative estimate of drug-likeness (QED) is 0.932. The van der Waals surface area contributed by atoms with Crippen LogP contribution in [0.25, 0.3) is 0 Å². The van der Waals surface area contributed by atoms with Crippen LogP contribution in [0.5, 0.6) is 0 Å². The predicted octanol–water partition coefficient (Wildman–Crippen LogP) is 1.81. The Kier molecular flexibility index (Phi) is 4.05. The first-order valence-electron chi connectivity index (χ1n) is 7.74. The molecule has 114 valence electrons. The molecule has 0 amide bonds. The third-order valence-corrected chi connectivity index (χ3v) is 4.22. The Hall–Kier alpha value is -1.69. The Labute approximate surface area is 125 Å². The highest BCUT2D eigenvalue weighted by molar-refractivity contribution is 5.06. The van der Waals surface area contributed by atoms with Crippen molar-refractivity contribution in [2.24, 2.45) is 0 Å². The summed E-state index contributed by atoms with van der Waals surface area (Å²) >= 11 is 0. The van der Waals surface area contributed by atoms with Crippen LogP contribution < -0.4 is 0 Å². The van der Waals surface area contributed by atoms with Crippen LogP contribution in [0, 0.1) is 20.8 Å². The molecule has 2 aromatic rings. The van der Waals surface area contributed by atoms with Crippen LogP contribution in [-0.4, -0.2) is 49.5 Å². The van der Waals surface area contributed by atoms with Crippen molar-refractivity contribution >= 4 is 0 Å². The summed E-state index contributed by atoms with van der Waals surface area (Å²) in [6.45, 7) is 10.3. The average Bonchev–Trinajstić information content (AvgIpc) is 3.03. The number of aromatic amines is 1. The van der Waals surface area contributed by atoms with Gasteiger partial charge in [-0.2, -0.15) is 10.2 Å². The van der Waals surface area contributed by atoms with Gasteiger partial charge >= 0.3 is 0 Å². The summed E-state index contributed by atoms with van der Waals surface area (Å²) in [6.07, 6.45) is 2.41. The van der Waals surface area contributed by atoms with E-state index in [9.17, 15) is 0 Å². The molecule has 1 fully saturated rings. The second-order valence-electron chi connectivity index (χ2n) is 6.07. The van der Waals surface area contributed by atoms with Gasteiger partial charge in [0.2, 0.25) is 0 Å². The van der Waals surface area contributed by atoms with Crippen molar-refractivity contribution in [1.29, 1.82) is 0 Å². The molecule has 2 aromatic heterocycles. The SMILES string of the molecule is Cc1cc(C)n(CCN2CCCC(c3n[nH]c(C)n3)C2)n1. The van der Waals surface area contributed by atoms with Gasteiger partial charge in [-0.05, 0) is 46.2 Å². The minimum absolute atomic E-state index is 0.462. The van der Waals surface area contributed by atoms with E-state index in [1.807, 2.05) is 13.8 Å². The molecule has 1 atom stereocenters. The Morgan fingerprint density at radius 1 is 1.29 bits per heavy atom. The molecule has 0 spiro atoms. The molecule has 6 nitrogen and oxygen atoms in total. The van der Waals surface area contributed by atoms with Gasteiger partial charge in [0.05, 0.1) is 12.2 Å². The molecule has 21 heavy (non-hydrogen) atoms. The molecule has 3 rings (SSSR count). The number of piperidine rings is 1. The number of hydrogen-bond acceptors (Lipinski definition) is 4. The molecule has 0 saturated carbocycles. The summed E-state index contributed by atoms with van der Waals surface area (Å²) in [6, 6.07) is 2.13. The number of nitrogens with zero attached hydrogens (tertiary/aromatic N) is 5. The van der Waals surface area contributed by atoms with Crippen molar-refractivity contribution in [2.75, 3.05) is 19.6 Å². The third-order valence-electron chi connectivity index (χ3n) is 4.22. The van der Waals surface area contributed by atoms with E-state index in [1.54, 1.807) is 0 Å². The molecule has 1 saturated heterocycles. The van der Waals surface area contributed by atoms with Crippen LogP contribution in [0.3, 0.4) is 0 Å². The molecule has 1 aliphatic heterocycles. The number of aryl methyl sites for hydroxylation is 3. The minimum Gasteiger partial charge on any atom is -0.301 e. The normalized spacial score (nSPS) is 20.0. The van der Waals surface area contributed by atoms with Crippen molar-refractivity contribution in [3.8, 4) is 0 Å². The Morgan fingerprint density at radius 2 is 2.14 bits per heavy atom. The van der Waals surface area contributed by atoms with Crippen LogP contribution in [0.1, 0.15) is 41.8 Å². The van der Waals surface area contributed by atoms with Crippen LogP contribution in [0.2, 0.25) is 0 Å². The standard InChI is InChI=1S/C15H24N6/c1-11-9-12(2)21(19-11)8-7-20-6-4-5-14(10-20)15-16-13(3)17-18-15/h9,14H,4-8,10H2,1-3H3,(H,16,17,18). The van der Waals surface area contributed by atoms with Crippen molar-refractivity contribution in [3.63, 3.8) is 0 Å². The second kappa shape index (κ2) is 5.97. The van der Waals surface area contributed by atoms with Gasteiger partial charge in [-0.3, -0.25) is 9.78 Å². The first kappa shape index (κ1) is 14.3. The number of hydrogen-bond donors (Lipinski definition) is 1. The molecule has 0 aliphatic carbocycles. The summed E-state index contributed by atoms with van der Waals surface area (Å²) in [5.74, 6) is 2.34. The van der Waals surface area contributed by atoms with Crippen LogP contribution in [0.15, 0.2) is 6.07 Å². The Bertz CT molecular complexity index is 599. The summed E-state index contributed by atoms with van der Waals surface area (Å²) in [5.41, 5.74) is 2.34. The highest BCUT2D eigenvalue weighted by Crippen LogP contribution is 2.24. The molecule has 1 N–H and O–H groups in total. The lowest BCUT2D eigenvalue weighted by atomic mass is 9.97. The average molecular weight is 288 g/mol. The fraction of sp³-hybridized carbons (Fsp3) is 0.667. The second-order valence-corrected chi connectivity index (χ2v) is 6.07. The highest BCUT2D eigenvalue weighted by Gasteiger charge is 2.24. The lowest BCUT2D eigenvalue weighted by Gasteiger charge is -2.31. The minimum atomic E-state index is 0.462. The van der Waals surface area contributed by atoms with E-state index in [0.717, 1.165) is 37.0 Å². The van der Waals surface area contributed by atoms with Gasteiger partial charge in [-0.1, -0.05) is 0 Å². The van der Waals surface area contributed by atoms with Crippen LogP contribution in [-0.2, 0) is 6.54 Å². The number of likely N-dealkylation sites (tertiary alicyclic amines) is 1. The first-order valence-corrected chi connectivity index (χ1v) is 7.74. The van der Waals surface area contributed by atoms with E-state index in [0.29, 0.717) is 5.92 Å². The highest BCUT2D eigenvalue weighted by atomic mass is 15.3. The number of aromatic nitrogens is 5.